The van der Waals surface area contributed by atoms with Gasteiger partial charge in [0, 0.05) is 37.5 Å². The van der Waals surface area contributed by atoms with Gasteiger partial charge in [0.25, 0.3) is 0 Å². The fourth-order valence-electron chi connectivity index (χ4n) is 3.00. The Morgan fingerprint density at radius 3 is 2.56 bits per heavy atom. The van der Waals surface area contributed by atoms with Crippen LogP contribution in [0.5, 0.6) is 0 Å². The maximum atomic E-state index is 13.0. The Morgan fingerprint density at radius 2 is 1.88 bits per heavy atom. The lowest BCUT2D eigenvalue weighted by molar-refractivity contribution is 0.188. The quantitative estimate of drug-likeness (QED) is 0.702. The maximum absolute atomic E-state index is 13.0. The van der Waals surface area contributed by atoms with E-state index in [1.807, 2.05) is 12.3 Å². The summed E-state index contributed by atoms with van der Waals surface area (Å²) in [5.41, 5.74) is 4.61. The van der Waals surface area contributed by atoms with E-state index in [4.69, 9.17) is 4.74 Å². The van der Waals surface area contributed by atoms with Crippen LogP contribution < -0.4 is 5.32 Å². The van der Waals surface area contributed by atoms with E-state index in [1.54, 1.807) is 19.2 Å². The molecule has 2 aromatic heterocycles. The van der Waals surface area contributed by atoms with Gasteiger partial charge in [-0.1, -0.05) is 12.1 Å². The molecule has 0 radical (unpaired) electrons. The maximum Gasteiger partial charge on any atom is 0.135 e. The summed E-state index contributed by atoms with van der Waals surface area (Å²) in [6.45, 7) is 6.33. The molecule has 25 heavy (non-hydrogen) atoms. The van der Waals surface area contributed by atoms with Crippen molar-refractivity contribution in [2.75, 3.05) is 19.0 Å². The van der Waals surface area contributed by atoms with E-state index in [0.29, 0.717) is 13.2 Å². The number of halogens is 2. The first-order valence-corrected chi connectivity index (χ1v) is 8.03. The van der Waals surface area contributed by atoms with Crippen molar-refractivity contribution in [1.82, 2.24) is 9.55 Å². The summed E-state index contributed by atoms with van der Waals surface area (Å²) in [6.07, 6.45) is 1.82. The molecule has 6 heteroatoms. The first-order valence-electron chi connectivity index (χ1n) is 8.03. The highest BCUT2D eigenvalue weighted by atomic mass is 35.5. The van der Waals surface area contributed by atoms with E-state index < -0.39 is 0 Å². The number of pyridine rings is 1. The van der Waals surface area contributed by atoms with Crippen LogP contribution in [0, 0.1) is 19.7 Å². The zero-order valence-corrected chi connectivity index (χ0v) is 15.5. The van der Waals surface area contributed by atoms with Crippen LogP contribution in [0.4, 0.5) is 10.2 Å². The number of fused-ring (bicyclic) bond motifs is 1. The minimum atomic E-state index is -0.222. The number of ether oxygens (including phenoxy) is 1. The van der Waals surface area contributed by atoms with Crippen LogP contribution in [-0.4, -0.2) is 23.3 Å². The Labute approximate surface area is 153 Å². The molecule has 0 bridgehead atoms. The van der Waals surface area contributed by atoms with Crippen LogP contribution in [0.25, 0.3) is 10.9 Å². The number of nitrogens with one attached hydrogen (secondary N) is 1. The van der Waals surface area contributed by atoms with Crippen LogP contribution in [0.1, 0.15) is 16.8 Å². The molecule has 1 aromatic carbocycles. The van der Waals surface area contributed by atoms with Crippen molar-refractivity contribution < 1.29 is 9.13 Å². The van der Waals surface area contributed by atoms with Crippen LogP contribution >= 0.6 is 12.4 Å². The van der Waals surface area contributed by atoms with Gasteiger partial charge < -0.3 is 14.6 Å². The van der Waals surface area contributed by atoms with Crippen molar-refractivity contribution in [3.05, 3.63) is 59.2 Å². The number of benzene rings is 1. The Hall–Kier alpha value is -2.11. The average Bonchev–Trinajstić information content (AvgIpc) is 2.84. The summed E-state index contributed by atoms with van der Waals surface area (Å²) in [5, 5.41) is 4.52. The Kier molecular flexibility index (Phi) is 6.39. The van der Waals surface area contributed by atoms with Gasteiger partial charge >= 0.3 is 0 Å². The molecule has 0 aliphatic rings. The normalized spacial score (nSPS) is 10.7. The number of anilines is 1. The molecular formula is C19H23ClFN3O. The van der Waals surface area contributed by atoms with Gasteiger partial charge in [-0.15, -0.1) is 12.4 Å². The Bertz CT molecular complexity index is 846. The van der Waals surface area contributed by atoms with Gasteiger partial charge in [-0.05, 0) is 43.2 Å². The van der Waals surface area contributed by atoms with Crippen molar-refractivity contribution in [3.63, 3.8) is 0 Å². The number of rotatable bonds is 6. The van der Waals surface area contributed by atoms with Crippen molar-refractivity contribution >= 4 is 29.1 Å². The molecule has 1 N–H and O–H groups in total. The molecule has 134 valence electrons. The fraction of sp³-hybridized carbons (Fsp3) is 0.316. The second-order valence-corrected chi connectivity index (χ2v) is 5.89. The Morgan fingerprint density at radius 1 is 1.16 bits per heavy atom. The molecule has 0 aliphatic carbocycles. The fourth-order valence-corrected chi connectivity index (χ4v) is 3.00. The molecule has 2 heterocycles. The molecule has 0 aliphatic heterocycles. The summed E-state index contributed by atoms with van der Waals surface area (Å²) in [6, 6.07) is 8.55. The minimum absolute atomic E-state index is 0. The van der Waals surface area contributed by atoms with Crippen LogP contribution in [0.2, 0.25) is 0 Å². The lowest BCUT2D eigenvalue weighted by Gasteiger charge is -2.09. The standard InChI is InChI=1S/C19H22FN3O.ClH/c1-13-14(2)23(10-11-24-3)17-8-9-21-19(18(13)17)22-12-15-4-6-16(20)7-5-15;/h4-9H,10-12H2,1-3H3,(H,21,22);1H. The largest absolute Gasteiger partial charge is 0.383 e. The van der Waals surface area contributed by atoms with Crippen molar-refractivity contribution in [2.24, 2.45) is 0 Å². The van der Waals surface area contributed by atoms with Gasteiger partial charge in [0.1, 0.15) is 11.6 Å². The molecule has 4 nitrogen and oxygen atoms in total. The number of aromatic nitrogens is 2. The molecule has 3 aromatic rings. The van der Waals surface area contributed by atoms with Crippen LogP contribution in [0.3, 0.4) is 0 Å². The molecule has 0 saturated carbocycles. The summed E-state index contributed by atoms with van der Waals surface area (Å²) >= 11 is 0. The molecule has 0 atom stereocenters. The van der Waals surface area contributed by atoms with Crippen LogP contribution in [0.15, 0.2) is 36.5 Å². The van der Waals surface area contributed by atoms with Gasteiger partial charge in [0.15, 0.2) is 0 Å². The third-order valence-electron chi connectivity index (χ3n) is 4.43. The predicted octanol–water partition coefficient (Wildman–Crippen LogP) is 4.47. The van der Waals surface area contributed by atoms with Crippen molar-refractivity contribution in [2.45, 2.75) is 26.9 Å². The molecule has 0 unspecified atom stereocenters. The highest BCUT2D eigenvalue weighted by Gasteiger charge is 2.14. The number of hydrogen-bond acceptors (Lipinski definition) is 3. The van der Waals surface area contributed by atoms with Gasteiger partial charge in [0.05, 0.1) is 12.1 Å². The molecular weight excluding hydrogens is 341 g/mol. The smallest absolute Gasteiger partial charge is 0.135 e. The average molecular weight is 364 g/mol. The van der Waals surface area contributed by atoms with E-state index in [2.05, 4.69) is 28.7 Å². The van der Waals surface area contributed by atoms with E-state index in [1.165, 1.54) is 23.4 Å². The first kappa shape index (κ1) is 19.2. The third-order valence-corrected chi connectivity index (χ3v) is 4.43. The number of nitrogens with zero attached hydrogens (tertiary/aromatic N) is 2. The Balaban J connectivity index is 0.00000225. The summed E-state index contributed by atoms with van der Waals surface area (Å²) in [7, 11) is 1.71. The van der Waals surface area contributed by atoms with Gasteiger partial charge in [0.2, 0.25) is 0 Å². The lowest BCUT2D eigenvalue weighted by Crippen LogP contribution is -2.06. The third kappa shape index (κ3) is 3.94. The monoisotopic (exact) mass is 363 g/mol. The van der Waals surface area contributed by atoms with E-state index >= 15 is 0 Å². The van der Waals surface area contributed by atoms with Gasteiger partial charge in [-0.3, -0.25) is 0 Å². The number of hydrogen-bond donors (Lipinski definition) is 1. The van der Waals surface area contributed by atoms with Crippen molar-refractivity contribution in [3.8, 4) is 0 Å². The molecule has 0 saturated heterocycles. The second kappa shape index (κ2) is 8.32. The molecule has 0 fully saturated rings. The SMILES string of the molecule is COCCn1c(C)c(C)c2c(NCc3ccc(F)cc3)nccc21.Cl. The van der Waals surface area contributed by atoms with E-state index in [9.17, 15) is 4.39 Å². The summed E-state index contributed by atoms with van der Waals surface area (Å²) in [5.74, 6) is 0.634. The number of aryl methyl sites for hydroxylation is 1. The highest BCUT2D eigenvalue weighted by molar-refractivity contribution is 5.94. The summed E-state index contributed by atoms with van der Waals surface area (Å²) < 4.78 is 20.5. The number of methoxy groups -OCH3 is 1. The minimum Gasteiger partial charge on any atom is -0.383 e. The summed E-state index contributed by atoms with van der Waals surface area (Å²) in [4.78, 5) is 4.51. The zero-order valence-electron chi connectivity index (χ0n) is 14.7. The topological polar surface area (TPSA) is 39.1 Å². The van der Waals surface area contributed by atoms with E-state index in [0.717, 1.165) is 28.8 Å². The lowest BCUT2D eigenvalue weighted by atomic mass is 10.1. The zero-order chi connectivity index (χ0) is 17.1. The second-order valence-electron chi connectivity index (χ2n) is 5.89. The van der Waals surface area contributed by atoms with Crippen LogP contribution in [-0.2, 0) is 17.8 Å². The predicted molar refractivity (Wildman–Crippen MR) is 102 cm³/mol. The molecule has 0 amide bonds. The van der Waals surface area contributed by atoms with Crippen molar-refractivity contribution in [1.29, 1.82) is 0 Å². The molecule has 0 spiro atoms. The highest BCUT2D eigenvalue weighted by Crippen LogP contribution is 2.30. The van der Waals surface area contributed by atoms with Gasteiger partial charge in [-0.2, -0.15) is 0 Å². The first-order chi connectivity index (χ1) is 11.6. The van der Waals surface area contributed by atoms with Gasteiger partial charge in [-0.25, -0.2) is 9.37 Å². The molecule has 3 rings (SSSR count). The van der Waals surface area contributed by atoms with E-state index in [-0.39, 0.29) is 18.2 Å².